The molecule has 1 amide bonds. The minimum absolute atomic E-state index is 0.0677. The zero-order chi connectivity index (χ0) is 25.7. The Morgan fingerprint density at radius 1 is 1.11 bits per heavy atom. The molecular formula is C27H31BrClNO5. The molecule has 1 aliphatic carbocycles. The van der Waals surface area contributed by atoms with Crippen LogP contribution in [-0.2, 0) is 14.3 Å². The number of nitrogens with one attached hydrogen (secondary N) is 1. The lowest BCUT2D eigenvalue weighted by atomic mass is 9.75. The molecule has 0 aliphatic heterocycles. The summed E-state index contributed by atoms with van der Waals surface area (Å²) in [7, 11) is 0. The summed E-state index contributed by atoms with van der Waals surface area (Å²) in [5.74, 6) is -0.680. The van der Waals surface area contributed by atoms with E-state index >= 15 is 0 Å². The molecule has 3 atom stereocenters. The first-order chi connectivity index (χ1) is 16.6. The second kappa shape index (κ2) is 12.0. The molecular weight excluding hydrogens is 534 g/mol. The van der Waals surface area contributed by atoms with E-state index in [1.54, 1.807) is 30.3 Å². The fourth-order valence-electron chi connectivity index (χ4n) is 4.47. The normalized spacial score (nSPS) is 19.8. The maximum absolute atomic E-state index is 13.1. The monoisotopic (exact) mass is 563 g/mol. The van der Waals surface area contributed by atoms with Gasteiger partial charge in [-0.2, -0.15) is 0 Å². The molecule has 0 spiro atoms. The summed E-state index contributed by atoms with van der Waals surface area (Å²) >= 11 is 9.43. The third-order valence-corrected chi connectivity index (χ3v) is 7.66. The fraction of sp³-hybridized carbons (Fsp3) is 0.444. The van der Waals surface area contributed by atoms with Gasteiger partial charge in [-0.1, -0.05) is 50.9 Å². The molecule has 0 saturated heterocycles. The van der Waals surface area contributed by atoms with Gasteiger partial charge >= 0.3 is 11.9 Å². The van der Waals surface area contributed by atoms with E-state index in [0.717, 1.165) is 24.8 Å². The molecule has 1 saturated carbocycles. The Balaban J connectivity index is 1.65. The molecule has 0 bridgehead atoms. The van der Waals surface area contributed by atoms with Crippen molar-refractivity contribution in [2.45, 2.75) is 53.1 Å². The van der Waals surface area contributed by atoms with Crippen LogP contribution in [0.3, 0.4) is 0 Å². The second-order valence-corrected chi connectivity index (χ2v) is 10.8. The zero-order valence-electron chi connectivity index (χ0n) is 20.4. The predicted octanol–water partition coefficient (Wildman–Crippen LogP) is 6.82. The molecule has 3 rings (SSSR count). The first-order valence-corrected chi connectivity index (χ1v) is 13.0. The number of hydrogen-bond acceptors (Lipinski definition) is 5. The molecule has 0 heterocycles. The van der Waals surface area contributed by atoms with Crippen LogP contribution in [0.15, 0.2) is 40.9 Å². The van der Waals surface area contributed by atoms with E-state index in [0.29, 0.717) is 27.0 Å². The van der Waals surface area contributed by atoms with Crippen LogP contribution in [0.2, 0.25) is 5.02 Å². The quantitative estimate of drug-likeness (QED) is 0.373. The third-order valence-electron chi connectivity index (χ3n) is 6.46. The molecule has 6 nitrogen and oxygen atoms in total. The Bertz CT molecular complexity index is 1100. The summed E-state index contributed by atoms with van der Waals surface area (Å²) in [6, 6.07) is 9.75. The van der Waals surface area contributed by atoms with Crippen LogP contribution in [0.4, 0.5) is 5.69 Å². The minimum atomic E-state index is -0.768. The van der Waals surface area contributed by atoms with Crippen molar-refractivity contribution in [2.24, 2.45) is 17.8 Å². The topological polar surface area (TPSA) is 81.7 Å². The first kappa shape index (κ1) is 27.2. The minimum Gasteiger partial charge on any atom is -0.458 e. The van der Waals surface area contributed by atoms with Crippen molar-refractivity contribution in [3.8, 4) is 0 Å². The van der Waals surface area contributed by atoms with Crippen LogP contribution in [-0.4, -0.2) is 30.6 Å². The van der Waals surface area contributed by atoms with Crippen molar-refractivity contribution < 1.29 is 23.9 Å². The van der Waals surface area contributed by atoms with E-state index in [-0.39, 0.29) is 23.1 Å². The maximum atomic E-state index is 13.1. The second-order valence-electron chi connectivity index (χ2n) is 9.52. The maximum Gasteiger partial charge on any atom is 0.339 e. The number of carbonyl (C=O) groups is 3. The smallest absolute Gasteiger partial charge is 0.339 e. The molecule has 8 heteroatoms. The number of benzene rings is 2. The lowest BCUT2D eigenvalue weighted by molar-refractivity contribution is -0.119. The number of rotatable bonds is 7. The molecule has 1 aliphatic rings. The standard InChI is InChI=1S/C27H31BrClNO5/c1-15(2)18-10-9-16(3)11-24(18)35-27(33)20-8-6-5-7-19(20)26(32)34-14-25(31)30-23-13-22(29)21(28)12-17(23)4/h5-8,12-13,15-16,18,24H,9-11,14H2,1-4H3,(H,30,31)/t16-,18-,24-/m1/s1. The summed E-state index contributed by atoms with van der Waals surface area (Å²) in [5.41, 5.74) is 1.52. The van der Waals surface area contributed by atoms with Gasteiger partial charge in [0.2, 0.25) is 0 Å². The van der Waals surface area contributed by atoms with Crippen molar-refractivity contribution in [1.82, 2.24) is 0 Å². The van der Waals surface area contributed by atoms with Crippen molar-refractivity contribution in [3.05, 3.63) is 62.6 Å². The van der Waals surface area contributed by atoms with E-state index in [9.17, 15) is 14.4 Å². The zero-order valence-corrected chi connectivity index (χ0v) is 22.7. The van der Waals surface area contributed by atoms with Crippen molar-refractivity contribution in [1.29, 1.82) is 0 Å². The van der Waals surface area contributed by atoms with Gasteiger partial charge in [-0.05, 0) is 83.3 Å². The van der Waals surface area contributed by atoms with E-state index in [1.807, 2.05) is 6.92 Å². The van der Waals surface area contributed by atoms with Gasteiger partial charge < -0.3 is 14.8 Å². The average molecular weight is 565 g/mol. The Morgan fingerprint density at radius 2 is 1.77 bits per heavy atom. The van der Waals surface area contributed by atoms with Gasteiger partial charge in [-0.3, -0.25) is 4.79 Å². The summed E-state index contributed by atoms with van der Waals surface area (Å²) in [5, 5.41) is 3.13. The molecule has 1 N–H and O–H groups in total. The van der Waals surface area contributed by atoms with Crippen molar-refractivity contribution >= 4 is 51.1 Å². The highest BCUT2D eigenvalue weighted by atomic mass is 79.9. The van der Waals surface area contributed by atoms with E-state index in [1.165, 1.54) is 6.07 Å². The molecule has 1 fully saturated rings. The molecule has 35 heavy (non-hydrogen) atoms. The summed E-state index contributed by atoms with van der Waals surface area (Å²) in [6.07, 6.45) is 2.75. The lowest BCUT2D eigenvalue weighted by Gasteiger charge is -2.36. The number of esters is 2. The van der Waals surface area contributed by atoms with Gasteiger partial charge in [0.1, 0.15) is 6.10 Å². The number of halogens is 2. The van der Waals surface area contributed by atoms with E-state index in [4.69, 9.17) is 21.1 Å². The number of amides is 1. The Kier molecular flexibility index (Phi) is 9.36. The van der Waals surface area contributed by atoms with Crippen molar-refractivity contribution in [3.63, 3.8) is 0 Å². The van der Waals surface area contributed by atoms with Crippen LogP contribution in [0.1, 0.15) is 66.3 Å². The number of hydrogen-bond donors (Lipinski definition) is 1. The molecule has 188 valence electrons. The number of ether oxygens (including phenoxy) is 2. The largest absolute Gasteiger partial charge is 0.458 e. The van der Waals surface area contributed by atoms with Crippen LogP contribution < -0.4 is 5.32 Å². The highest BCUT2D eigenvalue weighted by molar-refractivity contribution is 9.10. The van der Waals surface area contributed by atoms with Gasteiger partial charge in [-0.15, -0.1) is 0 Å². The van der Waals surface area contributed by atoms with Gasteiger partial charge in [-0.25, -0.2) is 9.59 Å². The molecule has 0 aromatic heterocycles. The van der Waals surface area contributed by atoms with Crippen LogP contribution in [0.25, 0.3) is 0 Å². The van der Waals surface area contributed by atoms with Crippen LogP contribution in [0.5, 0.6) is 0 Å². The summed E-state index contributed by atoms with van der Waals surface area (Å²) in [6.45, 7) is 7.76. The Labute approximate surface area is 219 Å². The number of carbonyl (C=O) groups excluding carboxylic acids is 3. The van der Waals surface area contributed by atoms with Crippen LogP contribution in [0, 0.1) is 24.7 Å². The Morgan fingerprint density at radius 3 is 2.43 bits per heavy atom. The molecule has 0 unspecified atom stereocenters. The summed E-state index contributed by atoms with van der Waals surface area (Å²) < 4.78 is 11.8. The van der Waals surface area contributed by atoms with E-state index < -0.39 is 24.5 Å². The number of aryl methyl sites for hydroxylation is 1. The van der Waals surface area contributed by atoms with Gasteiger partial charge in [0, 0.05) is 10.2 Å². The molecule has 2 aromatic rings. The third kappa shape index (κ3) is 7.07. The highest BCUT2D eigenvalue weighted by Gasteiger charge is 2.34. The predicted molar refractivity (Wildman–Crippen MR) is 140 cm³/mol. The number of anilines is 1. The van der Waals surface area contributed by atoms with Gasteiger partial charge in [0.25, 0.3) is 5.91 Å². The van der Waals surface area contributed by atoms with Crippen LogP contribution >= 0.6 is 27.5 Å². The molecule has 2 aromatic carbocycles. The Hall–Kier alpha value is -2.38. The SMILES string of the molecule is Cc1cc(Br)c(Cl)cc1NC(=O)COC(=O)c1ccccc1C(=O)O[C@@H]1C[C@H](C)CC[C@@H]1C(C)C. The van der Waals surface area contributed by atoms with Gasteiger partial charge in [0.15, 0.2) is 6.61 Å². The average Bonchev–Trinajstić information content (AvgIpc) is 2.80. The fourth-order valence-corrected chi connectivity index (χ4v) is 5.09. The summed E-state index contributed by atoms with van der Waals surface area (Å²) in [4.78, 5) is 38.2. The van der Waals surface area contributed by atoms with E-state index in [2.05, 4.69) is 42.0 Å². The lowest BCUT2D eigenvalue weighted by Crippen LogP contribution is -2.36. The van der Waals surface area contributed by atoms with Gasteiger partial charge in [0.05, 0.1) is 16.1 Å². The molecule has 0 radical (unpaired) electrons. The first-order valence-electron chi connectivity index (χ1n) is 11.8. The highest BCUT2D eigenvalue weighted by Crippen LogP contribution is 2.36. The van der Waals surface area contributed by atoms with Crippen molar-refractivity contribution in [2.75, 3.05) is 11.9 Å².